The molecular weight excluding hydrogens is 430 g/mol. The predicted molar refractivity (Wildman–Crippen MR) is 121 cm³/mol. The molecule has 4 rings (SSSR count). The molecule has 4 aromatic rings. The number of carbonyl (C=O) groups excluding carboxylic acids is 1. The summed E-state index contributed by atoms with van der Waals surface area (Å²) in [6.45, 7) is 0.522. The SMILES string of the molecule is O=C(CSc1nnc(-c2ccccc2F)n1CCc1ccccc1)Nc1cccc(F)c1. The zero-order chi connectivity index (χ0) is 22.3. The summed E-state index contributed by atoms with van der Waals surface area (Å²) < 4.78 is 29.6. The van der Waals surface area contributed by atoms with E-state index in [2.05, 4.69) is 15.5 Å². The van der Waals surface area contributed by atoms with Crippen LogP contribution >= 0.6 is 11.8 Å². The number of anilines is 1. The van der Waals surface area contributed by atoms with Crippen molar-refractivity contribution in [2.75, 3.05) is 11.1 Å². The van der Waals surface area contributed by atoms with Crippen LogP contribution in [0.2, 0.25) is 0 Å². The third-order valence-electron chi connectivity index (χ3n) is 4.74. The van der Waals surface area contributed by atoms with Crippen molar-refractivity contribution >= 4 is 23.4 Å². The first-order valence-electron chi connectivity index (χ1n) is 10.0. The topological polar surface area (TPSA) is 59.8 Å². The maximum absolute atomic E-state index is 14.4. The van der Waals surface area contributed by atoms with Crippen molar-refractivity contribution in [3.05, 3.63) is 96.1 Å². The van der Waals surface area contributed by atoms with Crippen LogP contribution in [0.3, 0.4) is 0 Å². The average Bonchev–Trinajstić information content (AvgIpc) is 3.20. The van der Waals surface area contributed by atoms with Crippen LogP contribution in [-0.4, -0.2) is 26.4 Å². The monoisotopic (exact) mass is 450 g/mol. The number of thioether (sulfide) groups is 1. The predicted octanol–water partition coefficient (Wildman–Crippen LogP) is 5.20. The molecule has 1 N–H and O–H groups in total. The number of nitrogens with zero attached hydrogens (tertiary/aromatic N) is 3. The Morgan fingerprint density at radius 1 is 0.938 bits per heavy atom. The lowest BCUT2D eigenvalue weighted by atomic mass is 10.1. The van der Waals surface area contributed by atoms with Gasteiger partial charge in [0.15, 0.2) is 11.0 Å². The quantitative estimate of drug-likeness (QED) is 0.375. The minimum atomic E-state index is -0.425. The van der Waals surface area contributed by atoms with Crippen molar-refractivity contribution in [2.24, 2.45) is 0 Å². The van der Waals surface area contributed by atoms with E-state index < -0.39 is 5.82 Å². The van der Waals surface area contributed by atoms with Gasteiger partial charge in [-0.15, -0.1) is 10.2 Å². The van der Waals surface area contributed by atoms with Gasteiger partial charge in [0.1, 0.15) is 11.6 Å². The lowest BCUT2D eigenvalue weighted by Crippen LogP contribution is -2.15. The fourth-order valence-corrected chi connectivity index (χ4v) is 3.98. The molecule has 0 unspecified atom stereocenters. The van der Waals surface area contributed by atoms with E-state index in [1.54, 1.807) is 24.3 Å². The van der Waals surface area contributed by atoms with E-state index in [1.165, 1.54) is 36.0 Å². The van der Waals surface area contributed by atoms with Gasteiger partial charge in [-0.3, -0.25) is 4.79 Å². The lowest BCUT2D eigenvalue weighted by Gasteiger charge is -2.11. The van der Waals surface area contributed by atoms with Gasteiger partial charge < -0.3 is 9.88 Å². The van der Waals surface area contributed by atoms with Crippen molar-refractivity contribution in [1.29, 1.82) is 0 Å². The average molecular weight is 451 g/mol. The van der Waals surface area contributed by atoms with Crippen molar-refractivity contribution in [3.63, 3.8) is 0 Å². The normalized spacial score (nSPS) is 10.8. The summed E-state index contributed by atoms with van der Waals surface area (Å²) in [6.07, 6.45) is 0.698. The molecular formula is C24H20F2N4OS. The summed E-state index contributed by atoms with van der Waals surface area (Å²) in [5, 5.41) is 11.6. The highest BCUT2D eigenvalue weighted by molar-refractivity contribution is 7.99. The zero-order valence-electron chi connectivity index (χ0n) is 17.0. The Morgan fingerprint density at radius 3 is 2.50 bits per heavy atom. The van der Waals surface area contributed by atoms with Gasteiger partial charge in [0.25, 0.3) is 0 Å². The Morgan fingerprint density at radius 2 is 1.72 bits per heavy atom. The number of aryl methyl sites for hydroxylation is 1. The fraction of sp³-hybridized carbons (Fsp3) is 0.125. The van der Waals surface area contributed by atoms with Crippen molar-refractivity contribution in [3.8, 4) is 11.4 Å². The van der Waals surface area contributed by atoms with E-state index in [4.69, 9.17) is 0 Å². The third kappa shape index (κ3) is 5.39. The number of amides is 1. The van der Waals surface area contributed by atoms with Crippen LogP contribution in [0, 0.1) is 11.6 Å². The molecule has 1 heterocycles. The van der Waals surface area contributed by atoms with Crippen molar-refractivity contribution in [2.45, 2.75) is 18.1 Å². The minimum absolute atomic E-state index is 0.0528. The van der Waals surface area contributed by atoms with Gasteiger partial charge in [-0.05, 0) is 42.3 Å². The summed E-state index contributed by atoms with van der Waals surface area (Å²) in [7, 11) is 0. The lowest BCUT2D eigenvalue weighted by molar-refractivity contribution is -0.113. The van der Waals surface area contributed by atoms with Crippen LogP contribution in [-0.2, 0) is 17.8 Å². The molecule has 32 heavy (non-hydrogen) atoms. The van der Waals surface area contributed by atoms with Crippen LogP contribution in [0.1, 0.15) is 5.56 Å². The highest BCUT2D eigenvalue weighted by Crippen LogP contribution is 2.26. The molecule has 0 saturated heterocycles. The van der Waals surface area contributed by atoms with Gasteiger partial charge in [-0.25, -0.2) is 8.78 Å². The number of hydrogen-bond acceptors (Lipinski definition) is 4. The first kappa shape index (κ1) is 21.7. The van der Waals surface area contributed by atoms with Crippen LogP contribution in [0.15, 0.2) is 84.0 Å². The van der Waals surface area contributed by atoms with E-state index in [1.807, 2.05) is 34.9 Å². The molecule has 0 atom stereocenters. The Balaban J connectivity index is 1.53. The standard InChI is InChI=1S/C24H20F2N4OS/c25-18-9-6-10-19(15-18)27-22(31)16-32-24-29-28-23(20-11-4-5-12-21(20)26)30(24)14-13-17-7-2-1-3-8-17/h1-12,15H,13-14,16H2,(H,27,31). The maximum atomic E-state index is 14.4. The largest absolute Gasteiger partial charge is 0.325 e. The van der Waals surface area contributed by atoms with Crippen molar-refractivity contribution in [1.82, 2.24) is 14.8 Å². The maximum Gasteiger partial charge on any atom is 0.234 e. The van der Waals surface area contributed by atoms with Crippen LogP contribution in [0.5, 0.6) is 0 Å². The van der Waals surface area contributed by atoms with Crippen LogP contribution in [0.4, 0.5) is 14.5 Å². The summed E-state index contributed by atoms with van der Waals surface area (Å²) in [5.74, 6) is -0.651. The molecule has 8 heteroatoms. The van der Waals surface area contributed by atoms with Gasteiger partial charge in [0.05, 0.1) is 11.3 Å². The van der Waals surface area contributed by atoms with Gasteiger partial charge >= 0.3 is 0 Å². The number of rotatable bonds is 8. The highest BCUT2D eigenvalue weighted by Gasteiger charge is 2.18. The highest BCUT2D eigenvalue weighted by atomic mass is 32.2. The zero-order valence-corrected chi connectivity index (χ0v) is 17.9. The number of aromatic nitrogens is 3. The van der Waals surface area contributed by atoms with Gasteiger partial charge in [0.2, 0.25) is 5.91 Å². The Kier molecular flexibility index (Phi) is 6.91. The smallest absolute Gasteiger partial charge is 0.234 e. The number of hydrogen-bond donors (Lipinski definition) is 1. The summed E-state index contributed by atoms with van der Waals surface area (Å²) in [5.41, 5.74) is 1.86. The number of halogens is 2. The molecule has 0 bridgehead atoms. The van der Waals surface area contributed by atoms with Crippen LogP contribution < -0.4 is 5.32 Å². The summed E-state index contributed by atoms with van der Waals surface area (Å²) in [6, 6.07) is 22.0. The molecule has 0 aliphatic heterocycles. The van der Waals surface area contributed by atoms with Crippen molar-refractivity contribution < 1.29 is 13.6 Å². The first-order chi connectivity index (χ1) is 15.6. The fourth-order valence-electron chi connectivity index (χ4n) is 3.22. The molecule has 5 nitrogen and oxygen atoms in total. The van der Waals surface area contributed by atoms with Gasteiger partial charge in [-0.1, -0.05) is 60.3 Å². The molecule has 3 aromatic carbocycles. The summed E-state index contributed by atoms with van der Waals surface area (Å²) >= 11 is 1.20. The Hall–Kier alpha value is -3.52. The van der Waals surface area contributed by atoms with E-state index in [0.29, 0.717) is 35.2 Å². The molecule has 162 valence electrons. The van der Waals surface area contributed by atoms with E-state index >= 15 is 0 Å². The minimum Gasteiger partial charge on any atom is -0.325 e. The van der Waals surface area contributed by atoms with E-state index in [-0.39, 0.29) is 17.5 Å². The molecule has 0 radical (unpaired) electrons. The number of carbonyl (C=O) groups is 1. The molecule has 1 amide bonds. The Labute approximate surface area is 188 Å². The van der Waals surface area contributed by atoms with Gasteiger partial charge in [0, 0.05) is 12.2 Å². The number of benzene rings is 3. The molecule has 0 spiro atoms. The number of nitrogens with one attached hydrogen (secondary N) is 1. The van der Waals surface area contributed by atoms with E-state index in [9.17, 15) is 13.6 Å². The Bertz CT molecular complexity index is 1210. The molecule has 0 saturated carbocycles. The molecule has 0 fully saturated rings. The third-order valence-corrected chi connectivity index (χ3v) is 5.71. The second kappa shape index (κ2) is 10.2. The van der Waals surface area contributed by atoms with E-state index in [0.717, 1.165) is 5.56 Å². The molecule has 1 aromatic heterocycles. The van der Waals surface area contributed by atoms with Gasteiger partial charge in [-0.2, -0.15) is 0 Å². The second-order valence-electron chi connectivity index (χ2n) is 7.02. The second-order valence-corrected chi connectivity index (χ2v) is 7.96. The summed E-state index contributed by atoms with van der Waals surface area (Å²) in [4.78, 5) is 12.3. The van der Waals surface area contributed by atoms with Crippen LogP contribution in [0.25, 0.3) is 11.4 Å². The first-order valence-corrected chi connectivity index (χ1v) is 11.0. The molecule has 0 aliphatic rings. The molecule has 0 aliphatic carbocycles.